The van der Waals surface area contributed by atoms with Crippen LogP contribution in [-0.4, -0.2) is 36.5 Å². The molecule has 0 spiro atoms. The maximum Gasteiger partial charge on any atom is 0.251 e. The highest BCUT2D eigenvalue weighted by Gasteiger charge is 2.33. The van der Waals surface area contributed by atoms with Crippen molar-refractivity contribution in [1.82, 2.24) is 10.2 Å². The van der Waals surface area contributed by atoms with E-state index >= 15 is 0 Å². The van der Waals surface area contributed by atoms with Gasteiger partial charge in [0.05, 0.1) is 6.26 Å². The van der Waals surface area contributed by atoms with Crippen molar-refractivity contribution in [3.05, 3.63) is 35.6 Å². The minimum Gasteiger partial charge on any atom is -0.464 e. The van der Waals surface area contributed by atoms with E-state index in [4.69, 9.17) is 4.42 Å². The standard InChI is InChI=1S/C19H24N2O2/c1-12(2)17-11-23-18-8-14(3-4-16(17)18)19(22)20-15-7-13-5-6-21(9-13)10-15/h3-4,8,11-13,15H,5-7,9-10H2,1-2H3,(H,20,22)/t13-,15-/m1/s1. The number of amides is 1. The molecular weight excluding hydrogens is 288 g/mol. The van der Waals surface area contributed by atoms with Gasteiger partial charge in [0, 0.05) is 35.6 Å². The van der Waals surface area contributed by atoms with E-state index in [9.17, 15) is 4.79 Å². The molecule has 1 aromatic heterocycles. The minimum absolute atomic E-state index is 0.0156. The SMILES string of the molecule is CC(C)c1coc2cc(C(=O)N[C@@H]3C[C@H]4CCN(C4)C3)ccc12. The van der Waals surface area contributed by atoms with Crippen LogP contribution in [0.5, 0.6) is 0 Å². The number of furan rings is 1. The molecule has 2 aromatic rings. The first-order chi connectivity index (χ1) is 11.1. The molecule has 4 rings (SSSR count). The molecule has 2 aliphatic heterocycles. The number of hydrogen-bond acceptors (Lipinski definition) is 3. The average molecular weight is 312 g/mol. The second-order valence-corrected chi connectivity index (χ2v) is 7.38. The fourth-order valence-electron chi connectivity index (χ4n) is 4.07. The zero-order chi connectivity index (χ0) is 16.0. The summed E-state index contributed by atoms with van der Waals surface area (Å²) in [6.07, 6.45) is 4.20. The Bertz CT molecular complexity index is 722. The van der Waals surface area contributed by atoms with Crippen LogP contribution in [0.2, 0.25) is 0 Å². The molecule has 1 unspecified atom stereocenters. The molecule has 1 amide bonds. The number of benzene rings is 1. The lowest BCUT2D eigenvalue weighted by atomic mass is 9.96. The van der Waals surface area contributed by atoms with Crippen molar-refractivity contribution in [3.8, 4) is 0 Å². The predicted octanol–water partition coefficient (Wildman–Crippen LogP) is 3.38. The molecule has 122 valence electrons. The number of nitrogens with zero attached hydrogens (tertiary/aromatic N) is 1. The molecule has 3 atom stereocenters. The van der Waals surface area contributed by atoms with Crippen molar-refractivity contribution >= 4 is 16.9 Å². The third-order valence-corrected chi connectivity index (χ3v) is 5.29. The van der Waals surface area contributed by atoms with Crippen LogP contribution in [0.15, 0.2) is 28.9 Å². The Hall–Kier alpha value is -1.81. The normalized spacial score (nSPS) is 26.8. The quantitative estimate of drug-likeness (QED) is 0.945. The molecule has 2 saturated heterocycles. The highest BCUT2D eigenvalue weighted by atomic mass is 16.3. The Labute approximate surface area is 136 Å². The zero-order valence-corrected chi connectivity index (χ0v) is 13.8. The second kappa shape index (κ2) is 5.68. The van der Waals surface area contributed by atoms with Crippen LogP contribution in [0.3, 0.4) is 0 Å². The van der Waals surface area contributed by atoms with Gasteiger partial charge in [-0.2, -0.15) is 0 Å². The van der Waals surface area contributed by atoms with Crippen molar-refractivity contribution in [2.75, 3.05) is 19.6 Å². The maximum absolute atomic E-state index is 12.6. The Balaban J connectivity index is 1.51. The van der Waals surface area contributed by atoms with Crippen molar-refractivity contribution < 1.29 is 9.21 Å². The third-order valence-electron chi connectivity index (χ3n) is 5.29. The summed E-state index contributed by atoms with van der Waals surface area (Å²) in [5.41, 5.74) is 2.69. The van der Waals surface area contributed by atoms with Gasteiger partial charge in [0.2, 0.25) is 0 Å². The minimum atomic E-state index is 0.0156. The molecule has 4 heteroatoms. The molecule has 2 bridgehead atoms. The molecule has 0 radical (unpaired) electrons. The van der Waals surface area contributed by atoms with E-state index in [1.807, 2.05) is 24.5 Å². The topological polar surface area (TPSA) is 45.5 Å². The summed E-state index contributed by atoms with van der Waals surface area (Å²) < 4.78 is 5.65. The van der Waals surface area contributed by atoms with Gasteiger partial charge in [0.1, 0.15) is 5.58 Å². The van der Waals surface area contributed by atoms with E-state index in [2.05, 4.69) is 24.1 Å². The fourth-order valence-corrected chi connectivity index (χ4v) is 4.07. The Morgan fingerprint density at radius 3 is 3.00 bits per heavy atom. The van der Waals surface area contributed by atoms with E-state index in [0.717, 1.165) is 29.9 Å². The summed E-state index contributed by atoms with van der Waals surface area (Å²) in [6, 6.07) is 6.07. The summed E-state index contributed by atoms with van der Waals surface area (Å²) in [4.78, 5) is 15.0. The number of carbonyl (C=O) groups excluding carboxylic acids is 1. The van der Waals surface area contributed by atoms with Crippen LogP contribution in [0.4, 0.5) is 0 Å². The van der Waals surface area contributed by atoms with Gasteiger partial charge in [-0.05, 0) is 43.4 Å². The van der Waals surface area contributed by atoms with Crippen LogP contribution in [0.25, 0.3) is 11.0 Å². The Kier molecular flexibility index (Phi) is 3.64. The Morgan fingerprint density at radius 1 is 1.35 bits per heavy atom. The van der Waals surface area contributed by atoms with Gasteiger partial charge in [0.15, 0.2) is 0 Å². The van der Waals surface area contributed by atoms with Gasteiger partial charge >= 0.3 is 0 Å². The third kappa shape index (κ3) is 2.76. The van der Waals surface area contributed by atoms with Gasteiger partial charge in [-0.15, -0.1) is 0 Å². The van der Waals surface area contributed by atoms with Gasteiger partial charge in [-0.25, -0.2) is 0 Å². The lowest BCUT2D eigenvalue weighted by Crippen LogP contribution is -2.47. The smallest absolute Gasteiger partial charge is 0.251 e. The molecule has 1 N–H and O–H groups in total. The van der Waals surface area contributed by atoms with Crippen molar-refractivity contribution in [2.24, 2.45) is 5.92 Å². The lowest BCUT2D eigenvalue weighted by molar-refractivity contribution is 0.0909. The van der Waals surface area contributed by atoms with E-state index in [0.29, 0.717) is 11.5 Å². The number of carbonyl (C=O) groups is 1. The van der Waals surface area contributed by atoms with E-state index in [-0.39, 0.29) is 11.9 Å². The fraction of sp³-hybridized carbons (Fsp3) is 0.526. The molecular formula is C19H24N2O2. The Morgan fingerprint density at radius 2 is 2.22 bits per heavy atom. The van der Waals surface area contributed by atoms with Crippen LogP contribution in [0.1, 0.15) is 48.5 Å². The summed E-state index contributed by atoms with van der Waals surface area (Å²) >= 11 is 0. The van der Waals surface area contributed by atoms with E-state index < -0.39 is 0 Å². The zero-order valence-electron chi connectivity index (χ0n) is 13.8. The first-order valence-electron chi connectivity index (χ1n) is 8.64. The molecule has 23 heavy (non-hydrogen) atoms. The molecule has 0 saturated carbocycles. The van der Waals surface area contributed by atoms with Crippen molar-refractivity contribution in [2.45, 2.75) is 38.6 Å². The van der Waals surface area contributed by atoms with Crippen LogP contribution < -0.4 is 5.32 Å². The molecule has 1 aromatic carbocycles. The molecule has 2 fully saturated rings. The van der Waals surface area contributed by atoms with Gasteiger partial charge in [0.25, 0.3) is 5.91 Å². The van der Waals surface area contributed by atoms with Crippen molar-refractivity contribution in [1.29, 1.82) is 0 Å². The average Bonchev–Trinajstić information content (AvgIpc) is 3.09. The van der Waals surface area contributed by atoms with Crippen LogP contribution in [-0.2, 0) is 0 Å². The van der Waals surface area contributed by atoms with Crippen molar-refractivity contribution in [3.63, 3.8) is 0 Å². The van der Waals surface area contributed by atoms with Gasteiger partial charge in [-0.1, -0.05) is 19.9 Å². The van der Waals surface area contributed by atoms with Gasteiger partial charge in [-0.3, -0.25) is 4.79 Å². The van der Waals surface area contributed by atoms with E-state index in [1.54, 1.807) is 0 Å². The summed E-state index contributed by atoms with van der Waals surface area (Å²) in [5.74, 6) is 1.19. The predicted molar refractivity (Wildman–Crippen MR) is 90.7 cm³/mol. The maximum atomic E-state index is 12.6. The highest BCUT2D eigenvalue weighted by Crippen LogP contribution is 2.29. The largest absolute Gasteiger partial charge is 0.464 e. The lowest BCUT2D eigenvalue weighted by Gasteiger charge is -2.30. The highest BCUT2D eigenvalue weighted by molar-refractivity contribution is 5.98. The van der Waals surface area contributed by atoms with Gasteiger partial charge < -0.3 is 14.6 Å². The molecule has 4 nitrogen and oxygen atoms in total. The number of fused-ring (bicyclic) bond motifs is 3. The van der Waals surface area contributed by atoms with E-state index in [1.165, 1.54) is 25.1 Å². The van der Waals surface area contributed by atoms with Crippen LogP contribution >= 0.6 is 0 Å². The van der Waals surface area contributed by atoms with Crippen LogP contribution in [0, 0.1) is 5.92 Å². The first kappa shape index (κ1) is 14.8. The summed E-state index contributed by atoms with van der Waals surface area (Å²) in [7, 11) is 0. The molecule has 2 aliphatic rings. The number of piperidine rings is 1. The second-order valence-electron chi connectivity index (χ2n) is 7.38. The monoisotopic (exact) mass is 312 g/mol. The number of rotatable bonds is 3. The number of nitrogens with one attached hydrogen (secondary N) is 1. The summed E-state index contributed by atoms with van der Waals surface area (Å²) in [6.45, 7) is 7.69. The molecule has 0 aliphatic carbocycles. The summed E-state index contributed by atoms with van der Waals surface area (Å²) in [5, 5.41) is 4.32. The number of hydrogen-bond donors (Lipinski definition) is 1. The molecule has 3 heterocycles. The first-order valence-corrected chi connectivity index (χ1v) is 8.64.